The van der Waals surface area contributed by atoms with Gasteiger partial charge in [-0.25, -0.2) is 9.78 Å². The number of hydrogen-bond donors (Lipinski definition) is 2. The van der Waals surface area contributed by atoms with Crippen molar-refractivity contribution in [3.8, 4) is 0 Å². The monoisotopic (exact) mass is 364 g/mol. The van der Waals surface area contributed by atoms with E-state index in [1.165, 1.54) is 11.2 Å². The van der Waals surface area contributed by atoms with E-state index in [2.05, 4.69) is 20.7 Å². The molecule has 2 N–H and O–H groups in total. The Hall–Kier alpha value is -2.65. The molecule has 10 nitrogen and oxygen atoms in total. The molecule has 1 saturated carbocycles. The molecule has 1 aromatic rings. The largest absolute Gasteiger partial charge is 0.448 e. The Morgan fingerprint density at radius 2 is 2.00 bits per heavy atom. The van der Waals surface area contributed by atoms with Crippen LogP contribution >= 0.6 is 0 Å². The number of ether oxygens (including phenoxy) is 1. The van der Waals surface area contributed by atoms with Crippen LogP contribution in [0.5, 0.6) is 0 Å². The van der Waals surface area contributed by atoms with Crippen LogP contribution in [0.4, 0.5) is 4.79 Å². The topological polar surface area (TPSA) is 118 Å². The van der Waals surface area contributed by atoms with E-state index in [0.717, 1.165) is 12.8 Å². The summed E-state index contributed by atoms with van der Waals surface area (Å²) in [5.74, 6) is -0.171. The molecular weight excluding hydrogens is 340 g/mol. The minimum absolute atomic E-state index is 0.0157. The molecular formula is C16H24N6O4. The third kappa shape index (κ3) is 5.17. The summed E-state index contributed by atoms with van der Waals surface area (Å²) in [6.07, 6.45) is 6.17. The van der Waals surface area contributed by atoms with Gasteiger partial charge in [0.2, 0.25) is 11.8 Å². The predicted molar refractivity (Wildman–Crippen MR) is 89.9 cm³/mol. The molecule has 3 amide bonds. The Bertz CT molecular complexity index is 635. The van der Waals surface area contributed by atoms with E-state index in [4.69, 9.17) is 4.74 Å². The highest BCUT2D eigenvalue weighted by atomic mass is 16.6. The van der Waals surface area contributed by atoms with Gasteiger partial charge in [-0.3, -0.25) is 19.2 Å². The maximum Gasteiger partial charge on any atom is 0.410 e. The average Bonchev–Trinajstić information content (AvgIpc) is 3.33. The molecule has 0 aromatic carbocycles. The fourth-order valence-corrected chi connectivity index (χ4v) is 3.31. The molecule has 1 aliphatic heterocycles. The van der Waals surface area contributed by atoms with Gasteiger partial charge < -0.3 is 15.4 Å². The summed E-state index contributed by atoms with van der Waals surface area (Å²) < 4.78 is 6.50. The number of nitrogens with one attached hydrogen (secondary N) is 2. The first-order chi connectivity index (χ1) is 12.6. The van der Waals surface area contributed by atoms with Gasteiger partial charge in [-0.05, 0) is 25.7 Å². The summed E-state index contributed by atoms with van der Waals surface area (Å²) in [6, 6.07) is 0.109. The number of rotatable bonds is 8. The maximum absolute atomic E-state index is 12.0. The Kier molecular flexibility index (Phi) is 6.03. The highest BCUT2D eigenvalue weighted by Crippen LogP contribution is 2.19. The standard InChI is InChI=1S/C16H24N6O4/c23-14(2-1-5-22-11-17-10-18-22)19-12-3-4-13(8-12)20-15(24)9-21-6-7-26-16(21)25/h10-13H,1-9H2,(H,19,23)(H,20,24)/t12-,13+/m0/s1. The highest BCUT2D eigenvalue weighted by molar-refractivity contribution is 5.83. The van der Waals surface area contributed by atoms with E-state index in [1.54, 1.807) is 11.0 Å². The lowest BCUT2D eigenvalue weighted by Gasteiger charge is -2.17. The van der Waals surface area contributed by atoms with E-state index >= 15 is 0 Å². The minimum atomic E-state index is -0.442. The molecule has 2 aliphatic rings. The molecule has 0 bridgehead atoms. The Balaban J connectivity index is 1.31. The summed E-state index contributed by atoms with van der Waals surface area (Å²) in [4.78, 5) is 40.6. The quantitative estimate of drug-likeness (QED) is 0.652. The first-order valence-electron chi connectivity index (χ1n) is 8.93. The number of hydrogen-bond acceptors (Lipinski definition) is 6. The van der Waals surface area contributed by atoms with Crippen LogP contribution in [0.2, 0.25) is 0 Å². The van der Waals surface area contributed by atoms with Gasteiger partial charge in [-0.2, -0.15) is 5.10 Å². The van der Waals surface area contributed by atoms with Crippen molar-refractivity contribution in [2.75, 3.05) is 19.7 Å². The van der Waals surface area contributed by atoms with Crippen molar-refractivity contribution in [3.63, 3.8) is 0 Å². The lowest BCUT2D eigenvalue weighted by molar-refractivity contribution is -0.122. The third-order valence-corrected chi connectivity index (χ3v) is 4.60. The van der Waals surface area contributed by atoms with Crippen molar-refractivity contribution in [1.29, 1.82) is 0 Å². The maximum atomic E-state index is 12.0. The van der Waals surface area contributed by atoms with Gasteiger partial charge in [0.25, 0.3) is 0 Å². The van der Waals surface area contributed by atoms with Gasteiger partial charge in [0, 0.05) is 25.0 Å². The summed E-state index contributed by atoms with van der Waals surface area (Å²) in [6.45, 7) is 1.47. The van der Waals surface area contributed by atoms with Crippen molar-refractivity contribution in [2.24, 2.45) is 0 Å². The smallest absolute Gasteiger partial charge is 0.410 e. The lowest BCUT2D eigenvalue weighted by atomic mass is 10.2. The summed E-state index contributed by atoms with van der Waals surface area (Å²) in [5, 5.41) is 9.95. The molecule has 0 radical (unpaired) electrons. The van der Waals surface area contributed by atoms with E-state index < -0.39 is 6.09 Å². The van der Waals surface area contributed by atoms with Crippen LogP contribution in [0.25, 0.3) is 0 Å². The van der Waals surface area contributed by atoms with E-state index in [1.807, 2.05) is 0 Å². The summed E-state index contributed by atoms with van der Waals surface area (Å²) in [5.41, 5.74) is 0. The van der Waals surface area contributed by atoms with Crippen LogP contribution in [-0.4, -0.2) is 69.4 Å². The van der Waals surface area contributed by atoms with Gasteiger partial charge in [-0.15, -0.1) is 0 Å². The van der Waals surface area contributed by atoms with Crippen molar-refractivity contribution >= 4 is 17.9 Å². The first-order valence-corrected chi connectivity index (χ1v) is 8.93. The molecule has 2 heterocycles. The lowest BCUT2D eigenvalue weighted by Crippen LogP contribution is -2.42. The third-order valence-electron chi connectivity index (χ3n) is 4.60. The number of aromatic nitrogens is 3. The minimum Gasteiger partial charge on any atom is -0.448 e. The Labute approximate surface area is 151 Å². The first kappa shape index (κ1) is 18.2. The number of nitrogens with zero attached hydrogens (tertiary/aromatic N) is 4. The number of carbonyl (C=O) groups is 3. The Morgan fingerprint density at radius 1 is 1.23 bits per heavy atom. The highest BCUT2D eigenvalue weighted by Gasteiger charge is 2.29. The van der Waals surface area contributed by atoms with Crippen LogP contribution in [-0.2, 0) is 20.9 Å². The molecule has 2 atom stereocenters. The molecule has 2 fully saturated rings. The normalized spacial score (nSPS) is 22.3. The van der Waals surface area contributed by atoms with Crippen LogP contribution in [0, 0.1) is 0 Å². The van der Waals surface area contributed by atoms with E-state index in [9.17, 15) is 14.4 Å². The second-order valence-electron chi connectivity index (χ2n) is 6.64. The number of cyclic esters (lactones) is 1. The number of aryl methyl sites for hydroxylation is 1. The van der Waals surface area contributed by atoms with Crippen LogP contribution in [0.3, 0.4) is 0 Å². The molecule has 0 spiro atoms. The fraction of sp³-hybridized carbons (Fsp3) is 0.688. The van der Waals surface area contributed by atoms with Crippen molar-refractivity contribution in [3.05, 3.63) is 12.7 Å². The van der Waals surface area contributed by atoms with Crippen LogP contribution in [0.15, 0.2) is 12.7 Å². The van der Waals surface area contributed by atoms with Crippen LogP contribution in [0.1, 0.15) is 32.1 Å². The molecule has 10 heteroatoms. The molecule has 26 heavy (non-hydrogen) atoms. The van der Waals surface area contributed by atoms with Crippen molar-refractivity contribution in [2.45, 2.75) is 50.7 Å². The van der Waals surface area contributed by atoms with Crippen molar-refractivity contribution in [1.82, 2.24) is 30.3 Å². The van der Waals surface area contributed by atoms with E-state index in [-0.39, 0.29) is 30.4 Å². The summed E-state index contributed by atoms with van der Waals surface area (Å²) >= 11 is 0. The van der Waals surface area contributed by atoms with Gasteiger partial charge in [-0.1, -0.05) is 0 Å². The second-order valence-corrected chi connectivity index (χ2v) is 6.64. The molecule has 1 aliphatic carbocycles. The second kappa shape index (κ2) is 8.63. The molecule has 3 rings (SSSR count). The SMILES string of the molecule is O=C(CN1CCOC1=O)N[C@@H]1CC[C@H](NC(=O)CCCn2cncn2)C1. The van der Waals surface area contributed by atoms with Gasteiger partial charge in [0.05, 0.1) is 6.54 Å². The number of amides is 3. The van der Waals surface area contributed by atoms with Gasteiger partial charge in [0.1, 0.15) is 25.8 Å². The summed E-state index contributed by atoms with van der Waals surface area (Å²) in [7, 11) is 0. The molecule has 1 aromatic heterocycles. The zero-order valence-electron chi connectivity index (χ0n) is 14.6. The fourth-order valence-electron chi connectivity index (χ4n) is 3.31. The van der Waals surface area contributed by atoms with Crippen molar-refractivity contribution < 1.29 is 19.1 Å². The number of carbonyl (C=O) groups excluding carboxylic acids is 3. The molecule has 1 saturated heterocycles. The van der Waals surface area contributed by atoms with Gasteiger partial charge >= 0.3 is 6.09 Å². The van der Waals surface area contributed by atoms with Gasteiger partial charge in [0.15, 0.2) is 0 Å². The zero-order valence-corrected chi connectivity index (χ0v) is 14.6. The molecule has 0 unspecified atom stereocenters. The average molecular weight is 364 g/mol. The molecule has 142 valence electrons. The predicted octanol–water partition coefficient (Wildman–Crippen LogP) is -0.336. The van der Waals surface area contributed by atoms with Crippen LogP contribution < -0.4 is 10.6 Å². The zero-order chi connectivity index (χ0) is 18.4. The van der Waals surface area contributed by atoms with E-state index in [0.29, 0.717) is 39.0 Å². The Morgan fingerprint density at radius 3 is 2.65 bits per heavy atom.